The lowest BCUT2D eigenvalue weighted by Gasteiger charge is -2.18. The Hall–Kier alpha value is -2.67. The molecule has 1 aromatic carbocycles. The molecule has 0 unspecified atom stereocenters. The minimum absolute atomic E-state index is 0.0685. The van der Waals surface area contributed by atoms with Gasteiger partial charge in [-0.3, -0.25) is 4.79 Å². The van der Waals surface area contributed by atoms with Crippen LogP contribution in [0.25, 0.3) is 10.2 Å². The number of methoxy groups -OCH3 is 1. The number of nitrogens with zero attached hydrogens (tertiary/aromatic N) is 3. The van der Waals surface area contributed by atoms with Crippen molar-refractivity contribution in [1.29, 1.82) is 0 Å². The summed E-state index contributed by atoms with van der Waals surface area (Å²) in [6.45, 7) is 4.47. The summed E-state index contributed by atoms with van der Waals surface area (Å²) in [4.78, 5) is 24.6. The largest absolute Gasteiger partial charge is 0.497 e. The number of ether oxygens (including phenoxy) is 2. The summed E-state index contributed by atoms with van der Waals surface area (Å²) < 4.78 is 10.9. The number of hydrogen-bond donors (Lipinski definition) is 0. The molecule has 1 amide bonds. The third-order valence-corrected chi connectivity index (χ3v) is 5.36. The molecule has 2 aromatic heterocycles. The van der Waals surface area contributed by atoms with Crippen LogP contribution in [-0.2, 0) is 11.3 Å². The van der Waals surface area contributed by atoms with Gasteiger partial charge < -0.3 is 14.4 Å². The summed E-state index contributed by atoms with van der Waals surface area (Å²) in [5.74, 6) is 1.11. The summed E-state index contributed by atoms with van der Waals surface area (Å²) in [7, 11) is 3.37. The predicted octanol–water partition coefficient (Wildman–Crippen LogP) is 3.35. The van der Waals surface area contributed by atoms with Crippen LogP contribution < -0.4 is 9.47 Å². The molecule has 0 bridgehead atoms. The van der Waals surface area contributed by atoms with Gasteiger partial charge in [-0.05, 0) is 37.1 Å². The molecule has 0 saturated carbocycles. The number of aromatic nitrogens is 2. The van der Waals surface area contributed by atoms with Gasteiger partial charge in [0.25, 0.3) is 5.91 Å². The number of rotatable bonds is 6. The second-order valence-electron chi connectivity index (χ2n) is 6.03. The number of carbonyl (C=O) groups excluding carboxylic acids is 1. The van der Waals surface area contributed by atoms with Crippen molar-refractivity contribution < 1.29 is 14.3 Å². The van der Waals surface area contributed by atoms with Gasteiger partial charge in [-0.1, -0.05) is 12.1 Å². The summed E-state index contributed by atoms with van der Waals surface area (Å²) in [5.41, 5.74) is 2.09. The summed E-state index contributed by atoms with van der Waals surface area (Å²) in [6.07, 6.45) is 1.47. The van der Waals surface area contributed by atoms with Gasteiger partial charge in [0, 0.05) is 18.5 Å². The van der Waals surface area contributed by atoms with E-state index >= 15 is 0 Å². The molecule has 0 fully saturated rings. The molecule has 3 rings (SSSR count). The van der Waals surface area contributed by atoms with Crippen molar-refractivity contribution in [2.75, 3.05) is 20.8 Å². The second kappa shape index (κ2) is 7.70. The number of fused-ring (bicyclic) bond motifs is 1. The van der Waals surface area contributed by atoms with E-state index in [1.54, 1.807) is 30.4 Å². The second-order valence-corrected chi connectivity index (χ2v) is 7.24. The van der Waals surface area contributed by atoms with Gasteiger partial charge in [-0.25, -0.2) is 9.97 Å². The zero-order valence-electron chi connectivity index (χ0n) is 15.3. The SMILES string of the molecule is COc1cccc(CN(C)C(=O)COc2ncnc3sc(C)c(C)c23)c1. The lowest BCUT2D eigenvalue weighted by atomic mass is 10.2. The third kappa shape index (κ3) is 3.77. The van der Waals surface area contributed by atoms with Crippen molar-refractivity contribution in [3.8, 4) is 11.6 Å². The van der Waals surface area contributed by atoms with Crippen molar-refractivity contribution in [3.63, 3.8) is 0 Å². The highest BCUT2D eigenvalue weighted by molar-refractivity contribution is 7.18. The molecule has 0 aliphatic carbocycles. The highest BCUT2D eigenvalue weighted by Gasteiger charge is 2.16. The molecular weight excluding hydrogens is 350 g/mol. The van der Waals surface area contributed by atoms with Gasteiger partial charge in [0.05, 0.1) is 12.5 Å². The van der Waals surface area contributed by atoms with Crippen LogP contribution in [0, 0.1) is 13.8 Å². The van der Waals surface area contributed by atoms with Crippen molar-refractivity contribution in [2.45, 2.75) is 20.4 Å². The molecule has 0 N–H and O–H groups in total. The Morgan fingerprint density at radius 3 is 2.85 bits per heavy atom. The number of likely N-dealkylation sites (N-methyl/N-ethyl adjacent to an activating group) is 1. The Morgan fingerprint density at radius 1 is 1.27 bits per heavy atom. The topological polar surface area (TPSA) is 64.5 Å². The van der Waals surface area contributed by atoms with Crippen LogP contribution in [0.15, 0.2) is 30.6 Å². The predicted molar refractivity (Wildman–Crippen MR) is 102 cm³/mol. The first-order chi connectivity index (χ1) is 12.5. The van der Waals surface area contributed by atoms with Crippen molar-refractivity contribution >= 4 is 27.5 Å². The van der Waals surface area contributed by atoms with Gasteiger partial charge in [-0.2, -0.15) is 0 Å². The zero-order valence-corrected chi connectivity index (χ0v) is 16.1. The quantitative estimate of drug-likeness (QED) is 0.665. The summed E-state index contributed by atoms with van der Waals surface area (Å²) in [6, 6.07) is 7.65. The first kappa shape index (κ1) is 18.1. The van der Waals surface area contributed by atoms with Crippen LogP contribution in [0.2, 0.25) is 0 Å². The summed E-state index contributed by atoms with van der Waals surface area (Å²) >= 11 is 1.60. The number of hydrogen-bond acceptors (Lipinski definition) is 6. The fraction of sp³-hybridized carbons (Fsp3) is 0.316. The molecule has 6 nitrogen and oxygen atoms in total. The molecule has 0 radical (unpaired) electrons. The van der Waals surface area contributed by atoms with Crippen LogP contribution in [0.1, 0.15) is 16.0 Å². The first-order valence-electron chi connectivity index (χ1n) is 8.20. The lowest BCUT2D eigenvalue weighted by Crippen LogP contribution is -2.31. The van der Waals surface area contributed by atoms with Crippen LogP contribution in [0.3, 0.4) is 0 Å². The van der Waals surface area contributed by atoms with Gasteiger partial charge in [-0.15, -0.1) is 11.3 Å². The fourth-order valence-corrected chi connectivity index (χ4v) is 3.62. The van der Waals surface area contributed by atoms with Gasteiger partial charge in [0.1, 0.15) is 16.9 Å². The van der Waals surface area contributed by atoms with E-state index in [-0.39, 0.29) is 12.5 Å². The highest BCUT2D eigenvalue weighted by atomic mass is 32.1. The van der Waals surface area contributed by atoms with Gasteiger partial charge >= 0.3 is 0 Å². The van der Waals surface area contributed by atoms with E-state index in [4.69, 9.17) is 9.47 Å². The van der Waals surface area contributed by atoms with Crippen molar-refractivity contribution in [3.05, 3.63) is 46.6 Å². The molecule has 2 heterocycles. The van der Waals surface area contributed by atoms with E-state index in [0.29, 0.717) is 12.4 Å². The number of carbonyl (C=O) groups is 1. The van der Waals surface area contributed by atoms with Crippen LogP contribution >= 0.6 is 11.3 Å². The normalized spacial score (nSPS) is 10.8. The third-order valence-electron chi connectivity index (χ3n) is 4.24. The van der Waals surface area contributed by atoms with Crippen LogP contribution in [-0.4, -0.2) is 41.5 Å². The maximum absolute atomic E-state index is 12.4. The average molecular weight is 371 g/mol. The molecule has 3 aromatic rings. The molecule has 0 aliphatic heterocycles. The van der Waals surface area contributed by atoms with E-state index in [2.05, 4.69) is 9.97 Å². The smallest absolute Gasteiger partial charge is 0.260 e. The van der Waals surface area contributed by atoms with E-state index in [9.17, 15) is 4.79 Å². The van der Waals surface area contributed by atoms with Crippen molar-refractivity contribution in [1.82, 2.24) is 14.9 Å². The zero-order chi connectivity index (χ0) is 18.7. The number of amides is 1. The highest BCUT2D eigenvalue weighted by Crippen LogP contribution is 2.33. The first-order valence-corrected chi connectivity index (χ1v) is 9.01. The molecular formula is C19H21N3O3S. The Kier molecular flexibility index (Phi) is 5.37. The average Bonchev–Trinajstić information content (AvgIpc) is 2.94. The number of aryl methyl sites for hydroxylation is 2. The molecule has 26 heavy (non-hydrogen) atoms. The standard InChI is InChI=1S/C19H21N3O3S/c1-12-13(2)26-19-17(12)18(20-11-21-19)25-10-16(23)22(3)9-14-6-5-7-15(8-14)24-4/h5-8,11H,9-10H2,1-4H3. The van der Waals surface area contributed by atoms with Crippen molar-refractivity contribution in [2.24, 2.45) is 0 Å². The Balaban J connectivity index is 1.67. The minimum Gasteiger partial charge on any atom is -0.497 e. The van der Waals surface area contributed by atoms with Gasteiger partial charge in [0.15, 0.2) is 6.61 Å². The van der Waals surface area contributed by atoms with Crippen LogP contribution in [0.5, 0.6) is 11.6 Å². The Bertz CT molecular complexity index is 939. The van der Waals surface area contributed by atoms with E-state index in [0.717, 1.165) is 27.1 Å². The molecule has 0 aliphatic rings. The van der Waals surface area contributed by atoms with E-state index in [1.165, 1.54) is 11.2 Å². The molecule has 0 atom stereocenters. The monoisotopic (exact) mass is 371 g/mol. The lowest BCUT2D eigenvalue weighted by molar-refractivity contribution is -0.132. The van der Waals surface area contributed by atoms with E-state index in [1.807, 2.05) is 38.1 Å². The molecule has 7 heteroatoms. The number of benzene rings is 1. The molecule has 136 valence electrons. The molecule has 0 saturated heterocycles. The maximum atomic E-state index is 12.4. The summed E-state index contributed by atoms with van der Waals surface area (Å²) in [5, 5.41) is 0.887. The van der Waals surface area contributed by atoms with Crippen LogP contribution in [0.4, 0.5) is 0 Å². The van der Waals surface area contributed by atoms with E-state index < -0.39 is 0 Å². The Labute approximate surface area is 156 Å². The minimum atomic E-state index is -0.121. The molecule has 0 spiro atoms. The Morgan fingerprint density at radius 2 is 2.08 bits per heavy atom. The maximum Gasteiger partial charge on any atom is 0.260 e. The number of thiophene rings is 1. The fourth-order valence-electron chi connectivity index (χ4n) is 2.63. The van der Waals surface area contributed by atoms with Gasteiger partial charge in [0.2, 0.25) is 5.88 Å².